The van der Waals surface area contributed by atoms with E-state index in [0.717, 1.165) is 44.8 Å². The Hall–Kier alpha value is -1.55. The zero-order chi connectivity index (χ0) is 16.8. The molecule has 4 nitrogen and oxygen atoms in total. The van der Waals surface area contributed by atoms with Crippen molar-refractivity contribution in [3.05, 3.63) is 29.8 Å². The Morgan fingerprint density at radius 3 is 2.75 bits per heavy atom. The fourth-order valence-corrected chi connectivity index (χ4v) is 4.14. The van der Waals surface area contributed by atoms with E-state index in [-0.39, 0.29) is 5.92 Å². The van der Waals surface area contributed by atoms with E-state index in [1.165, 1.54) is 42.7 Å². The maximum Gasteiger partial charge on any atom is 0.231 e. The maximum atomic E-state index is 12.9. The van der Waals surface area contributed by atoms with Gasteiger partial charge in [0.15, 0.2) is 0 Å². The molecular formula is C20H31N2O2+. The number of methoxy groups -OCH3 is 1. The quantitative estimate of drug-likeness (QED) is 0.914. The van der Waals surface area contributed by atoms with Crippen LogP contribution in [0.5, 0.6) is 5.75 Å². The number of rotatable bonds is 4. The van der Waals surface area contributed by atoms with E-state index >= 15 is 0 Å². The molecule has 1 aromatic rings. The summed E-state index contributed by atoms with van der Waals surface area (Å²) in [6.45, 7) is 5.08. The third-order valence-corrected chi connectivity index (χ3v) is 5.47. The summed E-state index contributed by atoms with van der Waals surface area (Å²) in [4.78, 5) is 16.6. The highest BCUT2D eigenvalue weighted by molar-refractivity contribution is 5.79. The molecule has 132 valence electrons. The van der Waals surface area contributed by atoms with Gasteiger partial charge in [-0.1, -0.05) is 25.0 Å². The summed E-state index contributed by atoms with van der Waals surface area (Å²) in [5.41, 5.74) is 1.30. The number of hydrogen-bond donors (Lipinski definition) is 1. The number of amides is 1. The molecule has 2 fully saturated rings. The first-order valence-corrected chi connectivity index (χ1v) is 9.51. The van der Waals surface area contributed by atoms with Gasteiger partial charge in [-0.25, -0.2) is 0 Å². The largest absolute Gasteiger partial charge is 0.497 e. The van der Waals surface area contributed by atoms with Crippen LogP contribution in [-0.2, 0) is 11.3 Å². The second-order valence-electron chi connectivity index (χ2n) is 7.31. The predicted octanol–water partition coefficient (Wildman–Crippen LogP) is 1.89. The van der Waals surface area contributed by atoms with E-state index < -0.39 is 0 Å². The summed E-state index contributed by atoms with van der Waals surface area (Å²) >= 11 is 0. The number of carbonyl (C=O) groups excluding carboxylic acids is 1. The first-order chi connectivity index (χ1) is 11.8. The highest BCUT2D eigenvalue weighted by Crippen LogP contribution is 2.17. The molecular weight excluding hydrogens is 300 g/mol. The average molecular weight is 331 g/mol. The lowest BCUT2D eigenvalue weighted by atomic mass is 9.96. The van der Waals surface area contributed by atoms with Crippen molar-refractivity contribution in [2.24, 2.45) is 5.92 Å². The van der Waals surface area contributed by atoms with Crippen molar-refractivity contribution >= 4 is 5.91 Å². The monoisotopic (exact) mass is 331 g/mol. The zero-order valence-electron chi connectivity index (χ0n) is 14.9. The number of hydrogen-bond acceptors (Lipinski definition) is 2. The van der Waals surface area contributed by atoms with E-state index in [1.54, 1.807) is 7.11 Å². The summed E-state index contributed by atoms with van der Waals surface area (Å²) in [6, 6.07) is 8.32. The van der Waals surface area contributed by atoms with Gasteiger partial charge in [-0.05, 0) is 37.8 Å². The molecule has 2 aliphatic heterocycles. The number of carbonyl (C=O) groups is 1. The van der Waals surface area contributed by atoms with Gasteiger partial charge in [-0.15, -0.1) is 0 Å². The van der Waals surface area contributed by atoms with Crippen LogP contribution >= 0.6 is 0 Å². The van der Waals surface area contributed by atoms with Crippen molar-refractivity contribution in [2.45, 2.75) is 45.1 Å². The van der Waals surface area contributed by atoms with Gasteiger partial charge in [0.05, 0.1) is 26.1 Å². The fraction of sp³-hybridized carbons (Fsp3) is 0.650. The Morgan fingerprint density at radius 2 is 2.00 bits per heavy atom. The van der Waals surface area contributed by atoms with E-state index in [9.17, 15) is 4.79 Å². The number of ether oxygens (including phenoxy) is 1. The van der Waals surface area contributed by atoms with Crippen LogP contribution in [0.2, 0.25) is 0 Å². The third-order valence-electron chi connectivity index (χ3n) is 5.47. The molecule has 2 aliphatic rings. The van der Waals surface area contributed by atoms with Crippen molar-refractivity contribution in [1.82, 2.24) is 4.90 Å². The molecule has 1 N–H and O–H groups in total. The van der Waals surface area contributed by atoms with Gasteiger partial charge < -0.3 is 14.5 Å². The van der Waals surface area contributed by atoms with Crippen LogP contribution in [0.25, 0.3) is 0 Å². The normalized spacial score (nSPS) is 25.1. The van der Waals surface area contributed by atoms with Gasteiger partial charge in [0.25, 0.3) is 0 Å². The van der Waals surface area contributed by atoms with Crippen LogP contribution in [0.15, 0.2) is 24.3 Å². The molecule has 0 aliphatic carbocycles. The highest BCUT2D eigenvalue weighted by atomic mass is 16.5. The summed E-state index contributed by atoms with van der Waals surface area (Å²) in [7, 11) is 1.71. The molecule has 1 amide bonds. The number of quaternary nitrogens is 1. The minimum absolute atomic E-state index is 0.220. The van der Waals surface area contributed by atoms with Gasteiger partial charge in [-0.2, -0.15) is 0 Å². The SMILES string of the molecule is COc1cccc(C[NH+]2CCC[C@@H](C(=O)N3CCCCCC3)C2)c1. The second-order valence-corrected chi connectivity index (χ2v) is 7.31. The van der Waals surface area contributed by atoms with Crippen LogP contribution in [-0.4, -0.2) is 44.1 Å². The Bertz CT molecular complexity index is 538. The van der Waals surface area contributed by atoms with Gasteiger partial charge >= 0.3 is 0 Å². The molecule has 2 saturated heterocycles. The molecule has 4 heteroatoms. The third kappa shape index (κ3) is 4.50. The fourth-order valence-electron chi connectivity index (χ4n) is 4.14. The standard InChI is InChI=1S/C20H30N2O2/c1-24-19-10-6-8-17(14-19)15-21-11-7-9-18(16-21)20(23)22-12-4-2-3-5-13-22/h6,8,10,14,18H,2-5,7,9,11-13,15-16H2,1H3/p+1/t18-/m1/s1. The molecule has 3 rings (SSSR count). The van der Waals surface area contributed by atoms with Gasteiger partial charge in [-0.3, -0.25) is 4.79 Å². The molecule has 2 heterocycles. The molecule has 0 bridgehead atoms. The van der Waals surface area contributed by atoms with Crippen LogP contribution in [0.1, 0.15) is 44.1 Å². The van der Waals surface area contributed by atoms with Gasteiger partial charge in [0.1, 0.15) is 12.3 Å². The molecule has 0 radical (unpaired) electrons. The smallest absolute Gasteiger partial charge is 0.231 e. The number of nitrogens with one attached hydrogen (secondary N) is 1. The van der Waals surface area contributed by atoms with Gasteiger partial charge in [0.2, 0.25) is 5.91 Å². The van der Waals surface area contributed by atoms with Crippen LogP contribution < -0.4 is 9.64 Å². The van der Waals surface area contributed by atoms with E-state index in [4.69, 9.17) is 4.74 Å². The highest BCUT2D eigenvalue weighted by Gasteiger charge is 2.31. The Balaban J connectivity index is 1.58. The van der Waals surface area contributed by atoms with Crippen molar-refractivity contribution in [3.63, 3.8) is 0 Å². The van der Waals surface area contributed by atoms with Crippen LogP contribution in [0.3, 0.4) is 0 Å². The summed E-state index contributed by atoms with van der Waals surface area (Å²) in [6.07, 6.45) is 7.14. The van der Waals surface area contributed by atoms with Crippen LogP contribution in [0.4, 0.5) is 0 Å². The Kier molecular flexibility index (Phi) is 6.13. The van der Waals surface area contributed by atoms with Gasteiger partial charge in [0, 0.05) is 18.7 Å². The molecule has 0 spiro atoms. The van der Waals surface area contributed by atoms with Crippen molar-refractivity contribution in [3.8, 4) is 5.75 Å². The minimum Gasteiger partial charge on any atom is -0.497 e. The zero-order valence-corrected chi connectivity index (χ0v) is 14.9. The van der Waals surface area contributed by atoms with E-state index in [0.29, 0.717) is 5.91 Å². The predicted molar refractivity (Wildman–Crippen MR) is 95.2 cm³/mol. The number of likely N-dealkylation sites (tertiary alicyclic amines) is 2. The molecule has 2 atom stereocenters. The van der Waals surface area contributed by atoms with E-state index in [1.807, 2.05) is 6.07 Å². The number of nitrogens with zero attached hydrogens (tertiary/aromatic N) is 1. The number of benzene rings is 1. The Morgan fingerprint density at radius 1 is 1.21 bits per heavy atom. The lowest BCUT2D eigenvalue weighted by Crippen LogP contribution is -3.12. The summed E-state index contributed by atoms with van der Waals surface area (Å²) in [5, 5.41) is 0. The molecule has 1 unspecified atom stereocenters. The molecule has 0 saturated carbocycles. The summed E-state index contributed by atoms with van der Waals surface area (Å²) < 4.78 is 5.32. The molecule has 1 aromatic carbocycles. The summed E-state index contributed by atoms with van der Waals surface area (Å²) in [5.74, 6) is 1.55. The lowest BCUT2D eigenvalue weighted by molar-refractivity contribution is -0.921. The Labute approximate surface area is 145 Å². The van der Waals surface area contributed by atoms with E-state index in [2.05, 4.69) is 23.1 Å². The van der Waals surface area contributed by atoms with Crippen LogP contribution in [0, 0.1) is 5.92 Å². The lowest BCUT2D eigenvalue weighted by Gasteiger charge is -2.32. The van der Waals surface area contributed by atoms with Crippen molar-refractivity contribution in [2.75, 3.05) is 33.3 Å². The maximum absolute atomic E-state index is 12.9. The molecule has 0 aromatic heterocycles. The van der Waals surface area contributed by atoms with Crippen molar-refractivity contribution in [1.29, 1.82) is 0 Å². The molecule has 24 heavy (non-hydrogen) atoms. The van der Waals surface area contributed by atoms with Crippen molar-refractivity contribution < 1.29 is 14.4 Å². The average Bonchev–Trinajstić information content (AvgIpc) is 2.91. The first-order valence-electron chi connectivity index (χ1n) is 9.51. The number of piperidine rings is 1. The topological polar surface area (TPSA) is 34.0 Å². The first kappa shape index (κ1) is 17.3. The second kappa shape index (κ2) is 8.52. The minimum atomic E-state index is 0.220.